The molecule has 1 aliphatic rings. The molecule has 0 spiro atoms. The minimum atomic E-state index is -0.609. The molecule has 4 rings (SSSR count). The molecule has 2 amide bonds. The van der Waals surface area contributed by atoms with Crippen LogP contribution in [0.15, 0.2) is 40.9 Å². The lowest BCUT2D eigenvalue weighted by molar-refractivity contribution is -0.130. The van der Waals surface area contributed by atoms with Gasteiger partial charge in [-0.3, -0.25) is 19.8 Å². The number of aromatic nitrogens is 3. The van der Waals surface area contributed by atoms with Gasteiger partial charge in [-0.2, -0.15) is 5.10 Å². The van der Waals surface area contributed by atoms with Crippen molar-refractivity contribution in [2.24, 2.45) is 0 Å². The van der Waals surface area contributed by atoms with Gasteiger partial charge in [0.1, 0.15) is 6.04 Å². The Morgan fingerprint density at radius 1 is 1.24 bits per heavy atom. The zero-order chi connectivity index (χ0) is 23.8. The van der Waals surface area contributed by atoms with E-state index in [0.717, 1.165) is 28.3 Å². The third-order valence-electron chi connectivity index (χ3n) is 5.82. The Kier molecular flexibility index (Phi) is 6.07. The van der Waals surface area contributed by atoms with E-state index in [4.69, 9.17) is 4.52 Å². The maximum atomic E-state index is 13.0. The van der Waals surface area contributed by atoms with E-state index >= 15 is 0 Å². The third kappa shape index (κ3) is 4.68. The monoisotopic (exact) mass is 450 g/mol. The van der Waals surface area contributed by atoms with Crippen molar-refractivity contribution < 1.29 is 14.1 Å². The van der Waals surface area contributed by atoms with Gasteiger partial charge in [-0.05, 0) is 26.0 Å². The minimum Gasteiger partial charge on any atom is -0.353 e. The number of carbonyl (C=O) groups is 2. The van der Waals surface area contributed by atoms with E-state index in [0.29, 0.717) is 19.0 Å². The Bertz CT molecular complexity index is 1160. The molecule has 9 nitrogen and oxygen atoms in total. The summed E-state index contributed by atoms with van der Waals surface area (Å²) in [4.78, 5) is 27.7. The summed E-state index contributed by atoms with van der Waals surface area (Å²) in [7, 11) is 0. The summed E-state index contributed by atoms with van der Waals surface area (Å²) >= 11 is 0. The molecule has 0 bridgehead atoms. The lowest BCUT2D eigenvalue weighted by Crippen LogP contribution is -2.52. The van der Waals surface area contributed by atoms with Gasteiger partial charge in [0.2, 0.25) is 17.7 Å². The number of hydrogen-bond acceptors (Lipinski definition) is 6. The molecule has 0 saturated carbocycles. The summed E-state index contributed by atoms with van der Waals surface area (Å²) in [6.07, 6.45) is 0. The number of aryl methyl sites for hydroxylation is 1. The fraction of sp³-hybridized carbons (Fsp3) is 0.417. The number of nitrogens with zero attached hydrogens (tertiary/aromatic N) is 4. The van der Waals surface area contributed by atoms with Crippen molar-refractivity contribution in [3.63, 3.8) is 0 Å². The van der Waals surface area contributed by atoms with Crippen LogP contribution in [0.2, 0.25) is 0 Å². The molecule has 174 valence electrons. The second kappa shape index (κ2) is 8.82. The molecule has 33 heavy (non-hydrogen) atoms. The van der Waals surface area contributed by atoms with Crippen molar-refractivity contribution in [2.75, 3.05) is 25.0 Å². The van der Waals surface area contributed by atoms with Gasteiger partial charge in [-0.1, -0.05) is 44.1 Å². The fourth-order valence-corrected chi connectivity index (χ4v) is 4.12. The number of anilines is 1. The van der Waals surface area contributed by atoms with Gasteiger partial charge in [-0.25, -0.2) is 4.68 Å². The molecular weight excluding hydrogens is 420 g/mol. The predicted molar refractivity (Wildman–Crippen MR) is 124 cm³/mol. The largest absolute Gasteiger partial charge is 0.353 e. The number of piperazine rings is 1. The highest BCUT2D eigenvalue weighted by Crippen LogP contribution is 2.30. The Labute approximate surface area is 193 Å². The molecular formula is C24H30N6O3. The van der Waals surface area contributed by atoms with E-state index in [1.165, 1.54) is 0 Å². The molecule has 1 saturated heterocycles. The molecule has 1 atom stereocenters. The molecule has 0 radical (unpaired) electrons. The summed E-state index contributed by atoms with van der Waals surface area (Å²) in [5, 5.41) is 14.4. The Balaban J connectivity index is 1.57. The summed E-state index contributed by atoms with van der Waals surface area (Å²) in [5.74, 6) is -0.105. The molecule has 1 aromatic carbocycles. The van der Waals surface area contributed by atoms with E-state index in [9.17, 15) is 9.59 Å². The first-order chi connectivity index (χ1) is 15.6. The van der Waals surface area contributed by atoms with Gasteiger partial charge >= 0.3 is 0 Å². The van der Waals surface area contributed by atoms with Crippen molar-refractivity contribution in [1.82, 2.24) is 25.2 Å². The molecule has 1 aliphatic heterocycles. The smallest absolute Gasteiger partial charge is 0.242 e. The van der Waals surface area contributed by atoms with E-state index in [2.05, 4.69) is 20.9 Å². The molecule has 3 heterocycles. The quantitative estimate of drug-likeness (QED) is 0.619. The maximum absolute atomic E-state index is 13.0. The molecule has 2 N–H and O–H groups in total. The van der Waals surface area contributed by atoms with E-state index in [1.54, 1.807) is 6.07 Å². The Morgan fingerprint density at radius 3 is 2.64 bits per heavy atom. The summed E-state index contributed by atoms with van der Waals surface area (Å²) in [6, 6.07) is 10.9. The number of amides is 2. The average molecular weight is 451 g/mol. The zero-order valence-electron chi connectivity index (χ0n) is 19.7. The highest BCUT2D eigenvalue weighted by atomic mass is 16.5. The van der Waals surface area contributed by atoms with Crippen LogP contribution < -0.4 is 10.6 Å². The highest BCUT2D eigenvalue weighted by molar-refractivity contribution is 5.92. The van der Waals surface area contributed by atoms with Crippen LogP contribution in [0.3, 0.4) is 0 Å². The maximum Gasteiger partial charge on any atom is 0.242 e. The van der Waals surface area contributed by atoms with Crippen molar-refractivity contribution in [3.05, 3.63) is 59.0 Å². The molecule has 3 aromatic rings. The van der Waals surface area contributed by atoms with Crippen LogP contribution in [-0.4, -0.2) is 51.3 Å². The van der Waals surface area contributed by atoms with Crippen LogP contribution in [0.5, 0.6) is 0 Å². The summed E-state index contributed by atoms with van der Waals surface area (Å²) < 4.78 is 7.12. The first kappa shape index (κ1) is 22.7. The number of carbonyl (C=O) groups excluding carboxylic acids is 2. The van der Waals surface area contributed by atoms with Gasteiger partial charge in [0.15, 0.2) is 0 Å². The first-order valence-electron chi connectivity index (χ1n) is 11.1. The van der Waals surface area contributed by atoms with Crippen LogP contribution >= 0.6 is 0 Å². The van der Waals surface area contributed by atoms with Crippen LogP contribution in [0.1, 0.15) is 49.5 Å². The van der Waals surface area contributed by atoms with Gasteiger partial charge < -0.3 is 9.84 Å². The van der Waals surface area contributed by atoms with Crippen LogP contribution in [0, 0.1) is 13.8 Å². The van der Waals surface area contributed by atoms with Crippen LogP contribution in [0.25, 0.3) is 5.69 Å². The fourth-order valence-electron chi connectivity index (χ4n) is 4.12. The van der Waals surface area contributed by atoms with E-state index in [1.807, 2.05) is 74.5 Å². The molecule has 1 fully saturated rings. The SMILES string of the molecule is Cc1nn(-c2ccccc2)c(C)c1C1C(=O)NCCN1CC(=O)Nc1cc(C(C)(C)C)no1. The Morgan fingerprint density at radius 2 is 1.97 bits per heavy atom. The topological polar surface area (TPSA) is 105 Å². The predicted octanol–water partition coefficient (Wildman–Crippen LogP) is 2.89. The zero-order valence-corrected chi connectivity index (χ0v) is 19.7. The second-order valence-electron chi connectivity index (χ2n) is 9.37. The van der Waals surface area contributed by atoms with Crippen molar-refractivity contribution in [3.8, 4) is 5.69 Å². The lowest BCUT2D eigenvalue weighted by Gasteiger charge is -2.34. The molecule has 1 unspecified atom stereocenters. The number of benzene rings is 1. The third-order valence-corrected chi connectivity index (χ3v) is 5.82. The normalized spacial score (nSPS) is 17.1. The van der Waals surface area contributed by atoms with Crippen molar-refractivity contribution in [2.45, 2.75) is 46.1 Å². The second-order valence-corrected chi connectivity index (χ2v) is 9.37. The Hall–Kier alpha value is -3.46. The molecule has 2 aromatic heterocycles. The van der Waals surface area contributed by atoms with Gasteiger partial charge in [0.05, 0.1) is 23.6 Å². The summed E-state index contributed by atoms with van der Waals surface area (Å²) in [5.41, 5.74) is 3.94. The average Bonchev–Trinajstić information content (AvgIpc) is 3.34. The van der Waals surface area contributed by atoms with E-state index < -0.39 is 6.04 Å². The van der Waals surface area contributed by atoms with Crippen molar-refractivity contribution in [1.29, 1.82) is 0 Å². The van der Waals surface area contributed by atoms with E-state index in [-0.39, 0.29) is 23.8 Å². The lowest BCUT2D eigenvalue weighted by atomic mass is 9.92. The molecule has 0 aliphatic carbocycles. The number of rotatable bonds is 5. The van der Waals surface area contributed by atoms with Gasteiger partial charge in [0.25, 0.3) is 0 Å². The number of para-hydroxylation sites is 1. The standard InChI is InChI=1S/C24H30N6O3/c1-15-21(16(2)30(27-15)17-9-7-6-8-10-17)22-23(32)25-11-12-29(22)14-19(31)26-20-13-18(28-33-20)24(3,4)5/h6-10,13,22H,11-12,14H2,1-5H3,(H,25,32)(H,26,31). The first-order valence-corrected chi connectivity index (χ1v) is 11.1. The van der Waals surface area contributed by atoms with Crippen LogP contribution in [-0.2, 0) is 15.0 Å². The van der Waals surface area contributed by atoms with Gasteiger partial charge in [-0.15, -0.1) is 0 Å². The van der Waals surface area contributed by atoms with Crippen molar-refractivity contribution >= 4 is 17.7 Å². The summed E-state index contributed by atoms with van der Waals surface area (Å²) in [6.45, 7) is 11.0. The number of nitrogens with one attached hydrogen (secondary N) is 2. The van der Waals surface area contributed by atoms with Gasteiger partial charge in [0, 0.05) is 35.8 Å². The molecule has 9 heteroatoms. The highest BCUT2D eigenvalue weighted by Gasteiger charge is 2.36. The number of hydrogen-bond donors (Lipinski definition) is 2. The minimum absolute atomic E-state index is 0.0407. The van der Waals surface area contributed by atoms with Crippen LogP contribution in [0.4, 0.5) is 5.88 Å².